The Labute approximate surface area is 159 Å². The topological polar surface area (TPSA) is 89.6 Å². The lowest BCUT2D eigenvalue weighted by molar-refractivity contribution is -0.428. The van der Waals surface area contributed by atoms with Crippen LogP contribution in [0, 0.1) is 0 Å². The molecule has 2 aliphatic rings. The number of carboxylic acids is 1. The van der Waals surface area contributed by atoms with E-state index >= 15 is 0 Å². The number of carbonyl (C=O) groups excluding carboxylic acids is 1. The molecule has 27 heavy (non-hydrogen) atoms. The smallest absolute Gasteiger partial charge is 0.339 e. The summed E-state index contributed by atoms with van der Waals surface area (Å²) < 4.78 is 1.91. The maximum Gasteiger partial charge on any atom is 0.339 e. The third kappa shape index (κ3) is 3.06. The molecule has 0 radical (unpaired) electrons. The lowest BCUT2D eigenvalue weighted by Gasteiger charge is -2.29. The molecule has 0 bridgehead atoms. The van der Waals surface area contributed by atoms with Crippen LogP contribution in [0.1, 0.15) is 33.8 Å². The zero-order valence-electron chi connectivity index (χ0n) is 14.5. The van der Waals surface area contributed by atoms with E-state index in [-0.39, 0.29) is 29.6 Å². The molecule has 1 aromatic heterocycles. The molecule has 136 valence electrons. The fourth-order valence-corrected chi connectivity index (χ4v) is 4.15. The predicted molar refractivity (Wildman–Crippen MR) is 102 cm³/mol. The first-order chi connectivity index (χ1) is 12.9. The first-order valence-corrected chi connectivity index (χ1v) is 9.30. The SMILES string of the molecule is C[N+]1=CC(C2=C(c3ccsc3)C(c3ccc(C(=O)O)c(O)c3)CC(=O)N2)=C1. The Hall–Kier alpha value is -3.19. The Morgan fingerprint density at radius 2 is 2.11 bits per heavy atom. The molecule has 0 spiro atoms. The second-order valence-corrected chi connectivity index (χ2v) is 7.35. The highest BCUT2D eigenvalue weighted by atomic mass is 32.1. The van der Waals surface area contributed by atoms with Crippen molar-refractivity contribution in [2.24, 2.45) is 0 Å². The number of allylic oxidation sites excluding steroid dienone is 2. The van der Waals surface area contributed by atoms with Crippen molar-refractivity contribution in [3.63, 3.8) is 0 Å². The van der Waals surface area contributed by atoms with Gasteiger partial charge in [0.15, 0.2) is 12.4 Å². The number of hydrogen-bond acceptors (Lipinski definition) is 4. The van der Waals surface area contributed by atoms with Gasteiger partial charge < -0.3 is 15.5 Å². The summed E-state index contributed by atoms with van der Waals surface area (Å²) in [5, 5.41) is 26.2. The highest BCUT2D eigenvalue weighted by Crippen LogP contribution is 2.42. The molecule has 3 N–H and O–H groups in total. The van der Waals surface area contributed by atoms with Crippen LogP contribution in [0.15, 0.2) is 52.5 Å². The van der Waals surface area contributed by atoms with Crippen molar-refractivity contribution >= 4 is 35.0 Å². The fourth-order valence-electron chi connectivity index (χ4n) is 3.50. The van der Waals surface area contributed by atoms with Gasteiger partial charge >= 0.3 is 5.97 Å². The van der Waals surface area contributed by atoms with Crippen LogP contribution >= 0.6 is 11.3 Å². The molecule has 7 heteroatoms. The molecule has 0 fully saturated rings. The minimum atomic E-state index is -1.19. The Kier molecular flexibility index (Phi) is 4.16. The average Bonchev–Trinajstić information content (AvgIpc) is 3.12. The molecule has 0 saturated heterocycles. The van der Waals surface area contributed by atoms with Gasteiger partial charge in [0.05, 0.1) is 5.70 Å². The zero-order valence-corrected chi connectivity index (χ0v) is 15.3. The molecule has 1 unspecified atom stereocenters. The lowest BCUT2D eigenvalue weighted by atomic mass is 9.80. The van der Waals surface area contributed by atoms with Gasteiger partial charge in [-0.05, 0) is 45.7 Å². The van der Waals surface area contributed by atoms with Crippen LogP contribution in [0.5, 0.6) is 5.75 Å². The summed E-state index contributed by atoms with van der Waals surface area (Å²) in [5.41, 5.74) is 4.22. The molecular formula is C20H17N2O4S+. The maximum absolute atomic E-state index is 12.4. The number of carbonyl (C=O) groups is 2. The van der Waals surface area contributed by atoms with Gasteiger partial charge in [0.2, 0.25) is 5.91 Å². The predicted octanol–water partition coefficient (Wildman–Crippen LogP) is 2.78. The van der Waals surface area contributed by atoms with E-state index in [1.165, 1.54) is 12.1 Å². The summed E-state index contributed by atoms with van der Waals surface area (Å²) in [6.07, 6.45) is 4.11. The summed E-state index contributed by atoms with van der Waals surface area (Å²) in [6, 6.07) is 6.49. The summed E-state index contributed by atoms with van der Waals surface area (Å²) in [5.74, 6) is -1.88. The number of carboxylic acid groups (broad SMARTS) is 1. The number of amides is 1. The Morgan fingerprint density at radius 3 is 2.70 bits per heavy atom. The van der Waals surface area contributed by atoms with E-state index < -0.39 is 5.97 Å². The van der Waals surface area contributed by atoms with E-state index in [4.69, 9.17) is 5.11 Å². The van der Waals surface area contributed by atoms with Crippen molar-refractivity contribution in [1.29, 1.82) is 0 Å². The van der Waals surface area contributed by atoms with Crippen LogP contribution in [0.2, 0.25) is 0 Å². The molecule has 0 saturated carbocycles. The lowest BCUT2D eigenvalue weighted by Crippen LogP contribution is -2.34. The van der Waals surface area contributed by atoms with Crippen molar-refractivity contribution in [3.8, 4) is 5.75 Å². The zero-order chi connectivity index (χ0) is 19.1. The van der Waals surface area contributed by atoms with Crippen LogP contribution in [0.25, 0.3) is 5.57 Å². The normalized spacial score (nSPS) is 19.1. The fraction of sp³-hybridized carbons (Fsp3) is 0.150. The molecule has 1 amide bonds. The Balaban J connectivity index is 1.86. The molecule has 0 aliphatic carbocycles. The van der Waals surface area contributed by atoms with Crippen LogP contribution in [0.3, 0.4) is 0 Å². The second kappa shape index (κ2) is 6.51. The third-order valence-electron chi connectivity index (χ3n) is 4.73. The average molecular weight is 381 g/mol. The first-order valence-electron chi connectivity index (χ1n) is 8.36. The van der Waals surface area contributed by atoms with Crippen molar-refractivity contribution in [3.05, 3.63) is 69.2 Å². The van der Waals surface area contributed by atoms with Gasteiger partial charge in [0, 0.05) is 12.3 Å². The van der Waals surface area contributed by atoms with E-state index in [2.05, 4.69) is 5.32 Å². The van der Waals surface area contributed by atoms with Crippen LogP contribution in [0.4, 0.5) is 0 Å². The number of rotatable bonds is 4. The van der Waals surface area contributed by atoms with Gasteiger partial charge in [-0.15, -0.1) is 0 Å². The van der Waals surface area contributed by atoms with Crippen LogP contribution < -0.4 is 5.32 Å². The van der Waals surface area contributed by atoms with Crippen molar-refractivity contribution in [2.45, 2.75) is 12.3 Å². The van der Waals surface area contributed by atoms with E-state index in [9.17, 15) is 14.7 Å². The Bertz CT molecular complexity index is 1050. The van der Waals surface area contributed by atoms with Gasteiger partial charge in [-0.25, -0.2) is 9.37 Å². The molecule has 6 nitrogen and oxygen atoms in total. The molecule has 4 rings (SSSR count). The van der Waals surface area contributed by atoms with Gasteiger partial charge in [-0.1, -0.05) is 6.07 Å². The number of thiophene rings is 1. The van der Waals surface area contributed by atoms with Crippen molar-refractivity contribution < 1.29 is 24.4 Å². The number of benzene rings is 1. The minimum absolute atomic E-state index is 0.111. The maximum atomic E-state index is 12.4. The van der Waals surface area contributed by atoms with Gasteiger partial charge in [0.1, 0.15) is 23.9 Å². The first kappa shape index (κ1) is 17.2. The molecule has 1 atom stereocenters. The second-order valence-electron chi connectivity index (χ2n) is 6.57. The number of aromatic carboxylic acids is 1. The van der Waals surface area contributed by atoms with E-state index in [1.807, 2.05) is 40.9 Å². The van der Waals surface area contributed by atoms with E-state index in [0.29, 0.717) is 5.56 Å². The number of nitrogens with zero attached hydrogens (tertiary/aromatic N) is 1. The number of phenols is 1. The number of hydrogen-bond donors (Lipinski definition) is 3. The number of aromatic hydroxyl groups is 1. The molecule has 1 aromatic carbocycles. The summed E-state index contributed by atoms with van der Waals surface area (Å²) >= 11 is 1.57. The standard InChI is InChI=1S/C20H16N2O4S/c1-22-8-13(9-22)19-18(12-4-5-27-10-12)15(7-17(24)21-19)11-2-3-14(20(25)26)16(23)6-11/h2-6,8-10,15H,7H2,1H3,(H2-,21,23,24,25,26)/p+1. The summed E-state index contributed by atoms with van der Waals surface area (Å²) in [7, 11) is 1.92. The van der Waals surface area contributed by atoms with Gasteiger partial charge in [-0.3, -0.25) is 4.79 Å². The molecule has 2 aliphatic heterocycles. The monoisotopic (exact) mass is 381 g/mol. The quantitative estimate of drug-likeness (QED) is 0.711. The minimum Gasteiger partial charge on any atom is -0.507 e. The number of nitrogens with one attached hydrogen (secondary N) is 1. The molecule has 3 heterocycles. The van der Waals surface area contributed by atoms with Crippen LogP contribution in [-0.4, -0.2) is 39.9 Å². The largest absolute Gasteiger partial charge is 0.507 e. The summed E-state index contributed by atoms with van der Waals surface area (Å²) in [4.78, 5) is 23.6. The van der Waals surface area contributed by atoms with Gasteiger partial charge in [0.25, 0.3) is 0 Å². The van der Waals surface area contributed by atoms with E-state index in [1.54, 1.807) is 17.4 Å². The Morgan fingerprint density at radius 1 is 1.33 bits per heavy atom. The van der Waals surface area contributed by atoms with Crippen molar-refractivity contribution in [2.75, 3.05) is 7.05 Å². The molecular weight excluding hydrogens is 364 g/mol. The van der Waals surface area contributed by atoms with E-state index in [0.717, 1.165) is 22.4 Å². The molecule has 2 aromatic rings. The highest BCUT2D eigenvalue weighted by molar-refractivity contribution is 7.08. The van der Waals surface area contributed by atoms with Gasteiger partial charge in [-0.2, -0.15) is 11.3 Å². The summed E-state index contributed by atoms with van der Waals surface area (Å²) in [6.45, 7) is 0. The third-order valence-corrected chi connectivity index (χ3v) is 5.42. The van der Waals surface area contributed by atoms with Crippen LogP contribution in [-0.2, 0) is 4.79 Å². The van der Waals surface area contributed by atoms with Crippen molar-refractivity contribution in [1.82, 2.24) is 5.32 Å². The highest BCUT2D eigenvalue weighted by Gasteiger charge is 2.34.